The Hall–Kier alpha value is -2.45. The second-order valence-electron chi connectivity index (χ2n) is 12.1. The van der Waals surface area contributed by atoms with Crippen molar-refractivity contribution in [3.05, 3.63) is 63.1 Å². The highest BCUT2D eigenvalue weighted by atomic mass is 35.5. The first-order chi connectivity index (χ1) is 25.0. The number of sulfonamides is 1. The first-order valence-electron chi connectivity index (χ1n) is 17.1. The number of nitrogens with one attached hydrogen (secondary N) is 3. The van der Waals surface area contributed by atoms with Crippen LogP contribution in [-0.4, -0.2) is 137 Å². The van der Waals surface area contributed by atoms with Gasteiger partial charge in [0.15, 0.2) is 0 Å². The van der Waals surface area contributed by atoms with E-state index in [1.807, 2.05) is 19.2 Å². The highest BCUT2D eigenvalue weighted by molar-refractivity contribution is 7.89. The zero-order valence-corrected chi connectivity index (χ0v) is 31.9. The standard InChI is InChI=1S/C34H52Cl2N6O9S/c1-42-23-29(28-20-26(35)21-31(36)30(28)24-42)25-3-2-4-27(19-25)52(45,46)41-8-12-50-16-18-51-17-13-47-9-5-32(34(38)44)40-7-11-49-15-14-48-10-6-39-22-33(37)43/h2-4,19-21,29,32,39-41H,5-18,22-24H2,1H3,(H2,37,43)(H2,38,44)/t29-,32?/m0/s1. The minimum Gasteiger partial charge on any atom is -0.379 e. The molecular formula is C34H52Cl2N6O9S. The van der Waals surface area contributed by atoms with Crippen LogP contribution in [0.2, 0.25) is 10.0 Å². The second-order valence-corrected chi connectivity index (χ2v) is 14.7. The summed E-state index contributed by atoms with van der Waals surface area (Å²) in [4.78, 5) is 24.7. The normalized spacial score (nSPS) is 15.4. The van der Waals surface area contributed by atoms with Crippen LogP contribution < -0.4 is 26.8 Å². The van der Waals surface area contributed by atoms with Crippen molar-refractivity contribution < 1.29 is 41.7 Å². The van der Waals surface area contributed by atoms with Crippen molar-refractivity contribution in [1.82, 2.24) is 20.3 Å². The van der Waals surface area contributed by atoms with Gasteiger partial charge >= 0.3 is 0 Å². The van der Waals surface area contributed by atoms with E-state index in [-0.39, 0.29) is 37.1 Å². The van der Waals surface area contributed by atoms with Crippen molar-refractivity contribution in [2.75, 3.05) is 106 Å². The number of nitrogens with two attached hydrogens (primary N) is 2. The fourth-order valence-corrected chi connectivity index (χ4v) is 7.07. The molecule has 18 heteroatoms. The molecule has 2 aromatic rings. The van der Waals surface area contributed by atoms with Crippen LogP contribution in [-0.2, 0) is 49.8 Å². The van der Waals surface area contributed by atoms with Gasteiger partial charge in [-0.05, 0) is 54.4 Å². The molecule has 2 amide bonds. The van der Waals surface area contributed by atoms with E-state index < -0.39 is 27.9 Å². The van der Waals surface area contributed by atoms with Crippen LogP contribution in [0.3, 0.4) is 0 Å². The summed E-state index contributed by atoms with van der Waals surface area (Å²) < 4.78 is 56.1. The Morgan fingerprint density at radius 2 is 1.48 bits per heavy atom. The first kappa shape index (κ1) is 44.0. The van der Waals surface area contributed by atoms with Crippen molar-refractivity contribution in [2.45, 2.75) is 29.8 Å². The number of fused-ring (bicyclic) bond motifs is 1. The molecule has 1 unspecified atom stereocenters. The third kappa shape index (κ3) is 16.3. The summed E-state index contributed by atoms with van der Waals surface area (Å²) in [5, 5.41) is 7.04. The van der Waals surface area contributed by atoms with Gasteiger partial charge in [-0.1, -0.05) is 35.3 Å². The van der Waals surface area contributed by atoms with E-state index in [1.54, 1.807) is 24.3 Å². The Labute approximate surface area is 316 Å². The smallest absolute Gasteiger partial charge is 0.240 e. The number of primary amides is 2. The molecule has 292 valence electrons. The number of carbonyl (C=O) groups is 2. The van der Waals surface area contributed by atoms with Gasteiger partial charge in [-0.25, -0.2) is 13.1 Å². The zero-order chi connectivity index (χ0) is 37.8. The van der Waals surface area contributed by atoms with Crippen molar-refractivity contribution in [1.29, 1.82) is 0 Å². The topological polar surface area (TPSA) is 206 Å². The fraction of sp³-hybridized carbons (Fsp3) is 0.588. The average Bonchev–Trinajstić information content (AvgIpc) is 3.10. The Bertz CT molecular complexity index is 1510. The number of hydrogen-bond acceptors (Lipinski definition) is 12. The number of nitrogens with zero attached hydrogens (tertiary/aromatic N) is 1. The third-order valence-corrected chi connectivity index (χ3v) is 9.99. The molecule has 2 aromatic carbocycles. The van der Waals surface area contributed by atoms with E-state index in [1.165, 1.54) is 0 Å². The van der Waals surface area contributed by atoms with Crippen LogP contribution in [0.25, 0.3) is 0 Å². The molecule has 1 aliphatic rings. The number of ether oxygens (including phenoxy) is 5. The quantitative estimate of drug-likeness (QED) is 0.0761. The molecule has 0 saturated carbocycles. The molecule has 0 spiro atoms. The number of halogens is 2. The zero-order valence-electron chi connectivity index (χ0n) is 29.6. The van der Waals surface area contributed by atoms with Crippen LogP contribution in [0.1, 0.15) is 29.0 Å². The van der Waals surface area contributed by atoms with Crippen LogP contribution in [0.4, 0.5) is 0 Å². The molecule has 52 heavy (non-hydrogen) atoms. The molecule has 2 atom stereocenters. The number of carbonyl (C=O) groups excluding carboxylic acids is 2. The molecule has 0 aromatic heterocycles. The average molecular weight is 792 g/mol. The molecular weight excluding hydrogens is 739 g/mol. The van der Waals surface area contributed by atoms with Crippen molar-refractivity contribution in [3.63, 3.8) is 0 Å². The summed E-state index contributed by atoms with van der Waals surface area (Å²) >= 11 is 12.8. The van der Waals surface area contributed by atoms with Gasteiger partial charge in [0.1, 0.15) is 0 Å². The Morgan fingerprint density at radius 1 is 0.865 bits per heavy atom. The summed E-state index contributed by atoms with van der Waals surface area (Å²) in [7, 11) is -1.76. The molecule has 7 N–H and O–H groups in total. The highest BCUT2D eigenvalue weighted by Gasteiger charge is 2.28. The number of amides is 2. The largest absolute Gasteiger partial charge is 0.379 e. The van der Waals surface area contributed by atoms with Gasteiger partial charge in [0.25, 0.3) is 0 Å². The van der Waals surface area contributed by atoms with E-state index in [2.05, 4.69) is 20.3 Å². The lowest BCUT2D eigenvalue weighted by molar-refractivity contribution is -0.120. The molecule has 0 fully saturated rings. The van der Waals surface area contributed by atoms with Crippen LogP contribution >= 0.6 is 23.2 Å². The lowest BCUT2D eigenvalue weighted by atomic mass is 9.85. The summed E-state index contributed by atoms with van der Waals surface area (Å²) in [6.45, 7) is 5.92. The Balaban J connectivity index is 1.21. The Kier molecular flexibility index (Phi) is 20.3. The van der Waals surface area contributed by atoms with Gasteiger partial charge in [-0.3, -0.25) is 9.59 Å². The maximum absolute atomic E-state index is 13.1. The molecule has 1 heterocycles. The number of hydrogen-bond donors (Lipinski definition) is 5. The fourth-order valence-electron chi connectivity index (χ4n) is 5.43. The summed E-state index contributed by atoms with van der Waals surface area (Å²) in [6, 6.07) is 10.0. The summed E-state index contributed by atoms with van der Waals surface area (Å²) in [5.74, 6) is -0.976. The predicted molar refractivity (Wildman–Crippen MR) is 198 cm³/mol. The van der Waals surface area contributed by atoms with E-state index >= 15 is 0 Å². The van der Waals surface area contributed by atoms with E-state index in [0.29, 0.717) is 95.5 Å². The minimum absolute atomic E-state index is 0.0798. The molecule has 0 bridgehead atoms. The Morgan fingerprint density at radius 3 is 2.13 bits per heavy atom. The van der Waals surface area contributed by atoms with Gasteiger partial charge < -0.3 is 50.7 Å². The van der Waals surface area contributed by atoms with Gasteiger partial charge in [0.05, 0.1) is 76.9 Å². The molecule has 0 aliphatic carbocycles. The van der Waals surface area contributed by atoms with Crippen LogP contribution in [0.5, 0.6) is 0 Å². The SMILES string of the molecule is CN1Cc2c(Cl)cc(Cl)cc2[C@H](c2cccc(S(=O)(=O)NCCOCCOCCOCCC(NCCOCCOCCNCC(N)=O)C(N)=O)c2)C1. The van der Waals surface area contributed by atoms with Crippen molar-refractivity contribution in [3.8, 4) is 0 Å². The predicted octanol–water partition coefficient (Wildman–Crippen LogP) is 0.841. The number of benzene rings is 2. The summed E-state index contributed by atoms with van der Waals surface area (Å²) in [5.41, 5.74) is 13.4. The molecule has 1 aliphatic heterocycles. The van der Waals surface area contributed by atoms with Gasteiger partial charge in [-0.15, -0.1) is 0 Å². The first-order valence-corrected chi connectivity index (χ1v) is 19.4. The van der Waals surface area contributed by atoms with Crippen molar-refractivity contribution >= 4 is 45.0 Å². The van der Waals surface area contributed by atoms with E-state index in [0.717, 1.165) is 16.7 Å². The minimum atomic E-state index is -3.77. The lowest BCUT2D eigenvalue weighted by Gasteiger charge is -2.33. The van der Waals surface area contributed by atoms with E-state index in [4.69, 9.17) is 58.4 Å². The van der Waals surface area contributed by atoms with Crippen LogP contribution in [0.15, 0.2) is 41.3 Å². The second kappa shape index (κ2) is 24.1. The molecule has 0 saturated heterocycles. The maximum atomic E-state index is 13.1. The third-order valence-electron chi connectivity index (χ3n) is 7.97. The molecule has 0 radical (unpaired) electrons. The molecule has 3 rings (SSSR count). The van der Waals surface area contributed by atoms with Crippen molar-refractivity contribution in [2.24, 2.45) is 11.5 Å². The van der Waals surface area contributed by atoms with Gasteiger partial charge in [0.2, 0.25) is 21.8 Å². The summed E-state index contributed by atoms with van der Waals surface area (Å²) in [6.07, 6.45) is 0.398. The lowest BCUT2D eigenvalue weighted by Crippen LogP contribution is -2.43. The van der Waals surface area contributed by atoms with E-state index in [9.17, 15) is 18.0 Å². The molecule has 15 nitrogen and oxygen atoms in total. The maximum Gasteiger partial charge on any atom is 0.240 e. The monoisotopic (exact) mass is 790 g/mol. The number of rotatable bonds is 28. The van der Waals surface area contributed by atoms with Crippen LogP contribution in [0, 0.1) is 0 Å². The van der Waals surface area contributed by atoms with Gasteiger partial charge in [0, 0.05) is 55.3 Å². The highest BCUT2D eigenvalue weighted by Crippen LogP contribution is 2.38. The van der Waals surface area contributed by atoms with Gasteiger partial charge in [-0.2, -0.15) is 0 Å². The number of likely N-dealkylation sites (N-methyl/N-ethyl adjacent to an activating group) is 1.